The van der Waals surface area contributed by atoms with Gasteiger partial charge in [0.1, 0.15) is 5.04 Å². The number of alkyl halides is 1. The maximum absolute atomic E-state index is 8.02. The zero-order chi connectivity index (χ0) is 14.8. The number of rotatable bonds is 6. The molecule has 1 aromatic heterocycles. The third-order valence-electron chi connectivity index (χ3n) is 2.25. The van der Waals surface area contributed by atoms with Gasteiger partial charge in [0.25, 0.3) is 0 Å². The fourth-order valence-electron chi connectivity index (χ4n) is 1.39. The summed E-state index contributed by atoms with van der Waals surface area (Å²) in [6.45, 7) is 2.11. The van der Waals surface area contributed by atoms with E-state index in [0.717, 1.165) is 27.4 Å². The average molecular weight is 416 g/mol. The topological polar surface area (TPSA) is 36.7 Å². The van der Waals surface area contributed by atoms with Crippen LogP contribution in [0.5, 0.6) is 0 Å². The van der Waals surface area contributed by atoms with Crippen LogP contribution >= 0.6 is 43.6 Å². The Morgan fingerprint density at radius 3 is 2.85 bits per heavy atom. The van der Waals surface area contributed by atoms with E-state index in [1.807, 2.05) is 17.6 Å². The smallest absolute Gasteiger partial charge is 0.100 e. The molecule has 1 aromatic rings. The van der Waals surface area contributed by atoms with Gasteiger partial charge in [0.15, 0.2) is 0 Å². The van der Waals surface area contributed by atoms with Crippen LogP contribution in [-0.4, -0.2) is 15.4 Å². The highest BCUT2D eigenvalue weighted by atomic mass is 79.9. The standard InChI is InChI=1S/C15H16Br2N2S/c1-2-4-12(5-3-7-16)6-8-20-15(18)13-9-14(17)11-19-10-13/h3-6,8-11,18H,2,7H2,1H3/b5-3-,8-6+,12-4+,18-15?. The number of pyridine rings is 1. The van der Waals surface area contributed by atoms with E-state index in [-0.39, 0.29) is 0 Å². The highest BCUT2D eigenvalue weighted by molar-refractivity contribution is 9.10. The minimum atomic E-state index is 0.482. The lowest BCUT2D eigenvalue weighted by molar-refractivity contribution is 1.21. The van der Waals surface area contributed by atoms with E-state index in [4.69, 9.17) is 5.41 Å². The molecule has 0 aromatic carbocycles. The van der Waals surface area contributed by atoms with Crippen LogP contribution in [0.2, 0.25) is 0 Å². The number of aromatic nitrogens is 1. The van der Waals surface area contributed by atoms with Crippen LogP contribution in [0, 0.1) is 5.41 Å². The van der Waals surface area contributed by atoms with Crippen molar-refractivity contribution in [2.75, 3.05) is 5.33 Å². The molecule has 2 nitrogen and oxygen atoms in total. The summed E-state index contributed by atoms with van der Waals surface area (Å²) < 4.78 is 0.885. The molecular formula is C15H16Br2N2S. The molecule has 0 aliphatic heterocycles. The second-order valence-electron chi connectivity index (χ2n) is 3.81. The quantitative estimate of drug-likeness (QED) is 0.280. The molecule has 0 unspecified atom stereocenters. The van der Waals surface area contributed by atoms with E-state index in [9.17, 15) is 0 Å². The molecule has 0 fully saturated rings. The molecule has 5 heteroatoms. The highest BCUT2D eigenvalue weighted by Crippen LogP contribution is 2.17. The van der Waals surface area contributed by atoms with Gasteiger partial charge in [-0.3, -0.25) is 10.4 Å². The van der Waals surface area contributed by atoms with Crippen molar-refractivity contribution in [2.24, 2.45) is 0 Å². The summed E-state index contributed by atoms with van der Waals surface area (Å²) in [4.78, 5) is 4.07. The Labute approximate surface area is 141 Å². The van der Waals surface area contributed by atoms with Crippen LogP contribution in [0.25, 0.3) is 0 Å². The van der Waals surface area contributed by atoms with Gasteiger partial charge in [0.05, 0.1) is 0 Å². The number of hydrogen-bond acceptors (Lipinski definition) is 3. The number of nitrogens with one attached hydrogen (secondary N) is 1. The normalized spacial score (nSPS) is 12.4. The van der Waals surface area contributed by atoms with Crippen LogP contribution in [0.4, 0.5) is 0 Å². The molecule has 1 rings (SSSR count). The molecule has 0 spiro atoms. The Bertz CT molecular complexity index is 536. The third-order valence-corrected chi connectivity index (χ3v) is 3.80. The van der Waals surface area contributed by atoms with Gasteiger partial charge in [-0.1, -0.05) is 52.8 Å². The maximum Gasteiger partial charge on any atom is 0.100 e. The Balaban J connectivity index is 2.65. The molecule has 1 heterocycles. The first kappa shape index (κ1) is 17.4. The third kappa shape index (κ3) is 6.68. The minimum Gasteiger partial charge on any atom is -0.293 e. The summed E-state index contributed by atoms with van der Waals surface area (Å²) in [5, 5.41) is 11.3. The first-order valence-electron chi connectivity index (χ1n) is 6.12. The average Bonchev–Trinajstić information content (AvgIpc) is 2.44. The van der Waals surface area contributed by atoms with E-state index in [0.29, 0.717) is 5.04 Å². The summed E-state index contributed by atoms with van der Waals surface area (Å²) in [7, 11) is 0. The fourth-order valence-corrected chi connectivity index (χ4v) is 2.55. The number of thioether (sulfide) groups is 1. The van der Waals surface area contributed by atoms with Crippen molar-refractivity contribution in [3.8, 4) is 0 Å². The van der Waals surface area contributed by atoms with Crippen molar-refractivity contribution in [1.29, 1.82) is 5.41 Å². The van der Waals surface area contributed by atoms with E-state index < -0.39 is 0 Å². The minimum absolute atomic E-state index is 0.482. The van der Waals surface area contributed by atoms with Crippen LogP contribution in [-0.2, 0) is 0 Å². The molecule has 1 N–H and O–H groups in total. The van der Waals surface area contributed by atoms with Gasteiger partial charge in [0, 0.05) is 27.8 Å². The van der Waals surface area contributed by atoms with Crippen LogP contribution in [0.1, 0.15) is 18.9 Å². The molecule has 20 heavy (non-hydrogen) atoms. The first-order valence-corrected chi connectivity index (χ1v) is 8.92. The number of halogens is 2. The van der Waals surface area contributed by atoms with Crippen LogP contribution in [0.3, 0.4) is 0 Å². The molecule has 0 aliphatic rings. The van der Waals surface area contributed by atoms with Gasteiger partial charge in [0.2, 0.25) is 0 Å². The summed E-state index contributed by atoms with van der Waals surface area (Å²) in [6, 6.07) is 1.89. The Morgan fingerprint density at radius 2 is 2.20 bits per heavy atom. The molecule has 0 atom stereocenters. The summed E-state index contributed by atoms with van der Waals surface area (Å²) in [6.07, 6.45) is 12.7. The van der Waals surface area contributed by atoms with Gasteiger partial charge < -0.3 is 0 Å². The Morgan fingerprint density at radius 1 is 1.40 bits per heavy atom. The van der Waals surface area contributed by atoms with E-state index in [2.05, 4.69) is 62.0 Å². The van der Waals surface area contributed by atoms with Crippen LogP contribution in [0.15, 0.2) is 58.2 Å². The zero-order valence-corrected chi connectivity index (χ0v) is 15.1. The van der Waals surface area contributed by atoms with Crippen molar-refractivity contribution in [3.63, 3.8) is 0 Å². The van der Waals surface area contributed by atoms with Crippen molar-refractivity contribution in [3.05, 3.63) is 63.8 Å². The molecule has 0 saturated carbocycles. The van der Waals surface area contributed by atoms with Gasteiger partial charge in [-0.2, -0.15) is 0 Å². The first-order chi connectivity index (χ1) is 9.67. The van der Waals surface area contributed by atoms with Gasteiger partial charge in [-0.25, -0.2) is 0 Å². The number of allylic oxidation sites excluding steroid dienone is 5. The molecule has 0 radical (unpaired) electrons. The monoisotopic (exact) mass is 414 g/mol. The van der Waals surface area contributed by atoms with Crippen molar-refractivity contribution in [1.82, 2.24) is 4.98 Å². The molecule has 0 aliphatic carbocycles. The maximum atomic E-state index is 8.02. The molecule has 0 bridgehead atoms. The largest absolute Gasteiger partial charge is 0.293 e. The van der Waals surface area contributed by atoms with E-state index in [1.165, 1.54) is 11.8 Å². The molecular weight excluding hydrogens is 400 g/mol. The lowest BCUT2D eigenvalue weighted by Gasteiger charge is -2.00. The van der Waals surface area contributed by atoms with Crippen molar-refractivity contribution in [2.45, 2.75) is 13.3 Å². The number of nitrogens with zero attached hydrogens (tertiary/aromatic N) is 1. The molecule has 106 valence electrons. The SMILES string of the molecule is CC/C=C(\C=C/CBr)/C=C/SC(=N)c1cncc(Br)c1. The Kier molecular flexibility index (Phi) is 8.82. The van der Waals surface area contributed by atoms with Gasteiger partial charge in [-0.15, -0.1) is 0 Å². The fraction of sp³-hybridized carbons (Fsp3) is 0.200. The summed E-state index contributed by atoms with van der Waals surface area (Å²) >= 11 is 8.11. The predicted molar refractivity (Wildman–Crippen MR) is 96.8 cm³/mol. The van der Waals surface area contributed by atoms with Crippen molar-refractivity contribution >= 4 is 48.7 Å². The van der Waals surface area contributed by atoms with Crippen molar-refractivity contribution < 1.29 is 0 Å². The highest BCUT2D eigenvalue weighted by Gasteiger charge is 2.01. The lowest BCUT2D eigenvalue weighted by atomic mass is 10.2. The molecule has 0 amide bonds. The number of hydrogen-bond donors (Lipinski definition) is 1. The van der Waals surface area contributed by atoms with E-state index >= 15 is 0 Å². The molecule has 0 saturated heterocycles. The second-order valence-corrected chi connectivity index (χ2v) is 6.29. The van der Waals surface area contributed by atoms with E-state index in [1.54, 1.807) is 12.4 Å². The van der Waals surface area contributed by atoms with Gasteiger partial charge >= 0.3 is 0 Å². The Hall–Kier alpha value is -0.650. The second kappa shape index (κ2) is 10.1. The lowest BCUT2D eigenvalue weighted by Crippen LogP contribution is -1.92. The predicted octanol–water partition coefficient (Wildman–Crippen LogP) is 5.70. The van der Waals surface area contributed by atoms with Gasteiger partial charge in [-0.05, 0) is 45.5 Å². The summed E-state index contributed by atoms with van der Waals surface area (Å²) in [5.41, 5.74) is 1.96. The van der Waals surface area contributed by atoms with Crippen LogP contribution < -0.4 is 0 Å². The zero-order valence-electron chi connectivity index (χ0n) is 11.1. The summed E-state index contributed by atoms with van der Waals surface area (Å²) in [5.74, 6) is 0.